The van der Waals surface area contributed by atoms with E-state index in [0.29, 0.717) is 18.5 Å². The van der Waals surface area contributed by atoms with E-state index in [1.807, 2.05) is 20.8 Å². The number of hydrogen-bond donors (Lipinski definition) is 2. The molecule has 4 heteroatoms. The first kappa shape index (κ1) is 18.1. The van der Waals surface area contributed by atoms with E-state index in [2.05, 4.69) is 28.8 Å². The molecule has 1 aromatic carbocycles. The Morgan fingerprint density at radius 2 is 1.96 bits per heavy atom. The van der Waals surface area contributed by atoms with Crippen LogP contribution in [0.4, 0.5) is 10.5 Å². The van der Waals surface area contributed by atoms with Gasteiger partial charge in [0.25, 0.3) is 0 Å². The van der Waals surface area contributed by atoms with E-state index in [4.69, 9.17) is 4.74 Å². The van der Waals surface area contributed by atoms with Crippen LogP contribution in [-0.4, -0.2) is 24.3 Å². The Morgan fingerprint density at radius 3 is 2.76 bits per heavy atom. The molecule has 4 nitrogen and oxygen atoms in total. The summed E-state index contributed by atoms with van der Waals surface area (Å²) >= 11 is 0. The number of anilines is 1. The molecular formula is C21H32N2O2. The molecule has 2 N–H and O–H groups in total. The van der Waals surface area contributed by atoms with Crippen LogP contribution in [0.2, 0.25) is 0 Å². The molecule has 138 valence electrons. The highest BCUT2D eigenvalue weighted by molar-refractivity contribution is 5.67. The molecule has 1 aromatic rings. The highest BCUT2D eigenvalue weighted by Crippen LogP contribution is 2.32. The lowest BCUT2D eigenvalue weighted by Crippen LogP contribution is -2.38. The number of aryl methyl sites for hydroxylation is 1. The van der Waals surface area contributed by atoms with Crippen molar-refractivity contribution < 1.29 is 9.53 Å². The normalized spacial score (nSPS) is 23.0. The molecule has 2 unspecified atom stereocenters. The zero-order valence-electron chi connectivity index (χ0n) is 15.9. The smallest absolute Gasteiger partial charge is 0.407 e. The Kier molecular flexibility index (Phi) is 5.55. The number of carbonyl (C=O) groups is 1. The first-order valence-electron chi connectivity index (χ1n) is 9.76. The maximum atomic E-state index is 11.9. The summed E-state index contributed by atoms with van der Waals surface area (Å²) in [6.07, 6.45) is 8.23. The van der Waals surface area contributed by atoms with Gasteiger partial charge in [-0.1, -0.05) is 18.6 Å². The third-order valence-electron chi connectivity index (χ3n) is 5.30. The van der Waals surface area contributed by atoms with Crippen molar-refractivity contribution in [2.45, 2.75) is 77.4 Å². The number of alkyl carbamates (subject to hydrolysis) is 1. The van der Waals surface area contributed by atoms with E-state index in [-0.39, 0.29) is 6.09 Å². The highest BCUT2D eigenvalue weighted by atomic mass is 16.6. The molecule has 0 saturated heterocycles. The molecule has 2 aliphatic carbocycles. The topological polar surface area (TPSA) is 50.4 Å². The van der Waals surface area contributed by atoms with Gasteiger partial charge in [-0.15, -0.1) is 0 Å². The van der Waals surface area contributed by atoms with Gasteiger partial charge in [-0.25, -0.2) is 4.79 Å². The number of amides is 1. The number of nitrogens with one attached hydrogen (secondary N) is 2. The molecule has 1 fully saturated rings. The zero-order chi connectivity index (χ0) is 17.9. The minimum Gasteiger partial charge on any atom is -0.444 e. The monoisotopic (exact) mass is 344 g/mol. The van der Waals surface area contributed by atoms with Gasteiger partial charge in [-0.05, 0) is 82.4 Å². The van der Waals surface area contributed by atoms with Crippen LogP contribution in [0, 0.1) is 5.92 Å². The Morgan fingerprint density at radius 1 is 1.16 bits per heavy atom. The van der Waals surface area contributed by atoms with Crippen molar-refractivity contribution in [2.24, 2.45) is 5.92 Å². The van der Waals surface area contributed by atoms with E-state index in [1.54, 1.807) is 0 Å². The van der Waals surface area contributed by atoms with Crippen molar-refractivity contribution in [3.8, 4) is 0 Å². The molecule has 2 aliphatic rings. The number of benzene rings is 1. The van der Waals surface area contributed by atoms with Crippen molar-refractivity contribution >= 4 is 11.8 Å². The van der Waals surface area contributed by atoms with Gasteiger partial charge in [0.05, 0.1) is 0 Å². The average molecular weight is 344 g/mol. The summed E-state index contributed by atoms with van der Waals surface area (Å²) in [6, 6.07) is 7.11. The molecule has 2 atom stereocenters. The molecular weight excluding hydrogens is 312 g/mol. The molecule has 0 aliphatic heterocycles. The number of carbonyl (C=O) groups excluding carboxylic acids is 1. The molecule has 0 bridgehead atoms. The van der Waals surface area contributed by atoms with Crippen LogP contribution in [0.5, 0.6) is 0 Å². The van der Waals surface area contributed by atoms with Gasteiger partial charge in [0.2, 0.25) is 0 Å². The van der Waals surface area contributed by atoms with E-state index in [1.165, 1.54) is 55.3 Å². The maximum Gasteiger partial charge on any atom is 0.407 e. The lowest BCUT2D eigenvalue weighted by molar-refractivity contribution is 0.0519. The van der Waals surface area contributed by atoms with Crippen LogP contribution in [0.15, 0.2) is 18.2 Å². The van der Waals surface area contributed by atoms with Crippen molar-refractivity contribution in [1.29, 1.82) is 0 Å². The van der Waals surface area contributed by atoms with E-state index in [9.17, 15) is 4.79 Å². The van der Waals surface area contributed by atoms with Gasteiger partial charge >= 0.3 is 6.09 Å². The third kappa shape index (κ3) is 4.90. The third-order valence-corrected chi connectivity index (χ3v) is 5.30. The van der Waals surface area contributed by atoms with Gasteiger partial charge in [0.15, 0.2) is 0 Å². The Hall–Kier alpha value is -1.71. The van der Waals surface area contributed by atoms with E-state index >= 15 is 0 Å². The minimum absolute atomic E-state index is 0.310. The molecule has 0 heterocycles. The lowest BCUT2D eigenvalue weighted by atomic mass is 9.90. The predicted molar refractivity (Wildman–Crippen MR) is 102 cm³/mol. The summed E-state index contributed by atoms with van der Waals surface area (Å²) in [7, 11) is 0. The summed E-state index contributed by atoms with van der Waals surface area (Å²) < 4.78 is 5.35. The van der Waals surface area contributed by atoms with Gasteiger partial charge in [0.1, 0.15) is 5.60 Å². The fourth-order valence-corrected chi connectivity index (χ4v) is 4.12. The Labute approximate surface area is 151 Å². The fraction of sp³-hybridized carbons (Fsp3) is 0.667. The van der Waals surface area contributed by atoms with Crippen LogP contribution in [0.1, 0.15) is 64.0 Å². The molecule has 1 saturated carbocycles. The van der Waals surface area contributed by atoms with Crippen LogP contribution >= 0.6 is 0 Å². The number of rotatable bonds is 4. The Balaban J connectivity index is 1.58. The van der Waals surface area contributed by atoms with Crippen LogP contribution in [-0.2, 0) is 17.6 Å². The summed E-state index contributed by atoms with van der Waals surface area (Å²) in [5.74, 6) is 0.465. The summed E-state index contributed by atoms with van der Waals surface area (Å²) in [5.41, 5.74) is 3.89. The summed E-state index contributed by atoms with van der Waals surface area (Å²) in [6.45, 7) is 6.36. The molecule has 3 rings (SSSR count). The van der Waals surface area contributed by atoms with Gasteiger partial charge in [0, 0.05) is 18.3 Å². The Bertz CT molecular complexity index is 606. The molecule has 0 radical (unpaired) electrons. The minimum atomic E-state index is -0.444. The molecule has 0 spiro atoms. The average Bonchev–Trinajstić information content (AvgIpc) is 2.99. The lowest BCUT2D eigenvalue weighted by Gasteiger charge is -2.27. The van der Waals surface area contributed by atoms with Crippen molar-refractivity contribution in [2.75, 3.05) is 11.9 Å². The van der Waals surface area contributed by atoms with E-state index in [0.717, 1.165) is 6.42 Å². The van der Waals surface area contributed by atoms with Crippen LogP contribution in [0.3, 0.4) is 0 Å². The largest absolute Gasteiger partial charge is 0.444 e. The van der Waals surface area contributed by atoms with Gasteiger partial charge in [-0.3, -0.25) is 0 Å². The number of ether oxygens (including phenoxy) is 1. The first-order chi connectivity index (χ1) is 11.9. The predicted octanol–water partition coefficient (Wildman–Crippen LogP) is 4.67. The number of hydrogen-bond acceptors (Lipinski definition) is 3. The van der Waals surface area contributed by atoms with E-state index < -0.39 is 5.60 Å². The fourth-order valence-electron chi connectivity index (χ4n) is 4.12. The van der Waals surface area contributed by atoms with Crippen molar-refractivity contribution in [1.82, 2.24) is 5.32 Å². The van der Waals surface area contributed by atoms with Gasteiger partial charge < -0.3 is 15.4 Å². The van der Waals surface area contributed by atoms with Crippen LogP contribution in [0.25, 0.3) is 0 Å². The number of fused-ring (bicyclic) bond motifs is 1. The second-order valence-electron chi connectivity index (χ2n) is 8.47. The van der Waals surface area contributed by atoms with Crippen LogP contribution < -0.4 is 10.6 Å². The second-order valence-corrected chi connectivity index (χ2v) is 8.47. The summed E-state index contributed by atoms with van der Waals surface area (Å²) in [4.78, 5) is 11.9. The van der Waals surface area contributed by atoms with Crippen molar-refractivity contribution in [3.05, 3.63) is 29.3 Å². The highest BCUT2D eigenvalue weighted by Gasteiger charge is 2.29. The maximum absolute atomic E-state index is 11.9. The zero-order valence-corrected chi connectivity index (χ0v) is 15.9. The first-order valence-corrected chi connectivity index (χ1v) is 9.76. The molecule has 25 heavy (non-hydrogen) atoms. The quantitative estimate of drug-likeness (QED) is 0.834. The second kappa shape index (κ2) is 7.67. The van der Waals surface area contributed by atoms with Gasteiger partial charge in [-0.2, -0.15) is 0 Å². The molecule has 0 aromatic heterocycles. The standard InChI is InChI=1S/C21H32N2O2/c1-21(2,3)25-20(24)22-14-16-10-7-12-18(16)23-19-13-6-9-15-8-4-5-11-17(15)19/h6,9,13,16,18,23H,4-5,7-8,10-12,14H2,1-3H3,(H,22,24). The van der Waals surface area contributed by atoms with Crippen molar-refractivity contribution in [3.63, 3.8) is 0 Å². The molecule has 1 amide bonds. The summed E-state index contributed by atoms with van der Waals surface area (Å²) in [5, 5.41) is 6.76. The SMILES string of the molecule is CC(C)(C)OC(=O)NCC1CCCC1Nc1cccc2c1CCCC2.